The van der Waals surface area contributed by atoms with Gasteiger partial charge >= 0.3 is 6.18 Å². The summed E-state index contributed by atoms with van der Waals surface area (Å²) in [6, 6.07) is 8.04. The summed E-state index contributed by atoms with van der Waals surface area (Å²) in [6.45, 7) is 4.45. The highest BCUT2D eigenvalue weighted by Crippen LogP contribution is 2.34. The summed E-state index contributed by atoms with van der Waals surface area (Å²) in [6.07, 6.45) is -3.83. The number of carbonyl (C=O) groups is 1. The molecule has 2 aliphatic heterocycles. The van der Waals surface area contributed by atoms with E-state index in [0.717, 1.165) is 22.6 Å². The molecule has 11 heteroatoms. The number of nitrogens with one attached hydrogen (secondary N) is 1. The number of nitrogens with zero attached hydrogens (tertiary/aromatic N) is 2. The second-order valence-electron chi connectivity index (χ2n) is 8.33. The lowest BCUT2D eigenvalue weighted by atomic mass is 9.96. The predicted octanol–water partition coefficient (Wildman–Crippen LogP) is 4.27. The Hall–Kier alpha value is -2.92. The van der Waals surface area contributed by atoms with Gasteiger partial charge in [-0.1, -0.05) is 18.7 Å². The Morgan fingerprint density at radius 2 is 1.94 bits per heavy atom. The third-order valence-electron chi connectivity index (χ3n) is 6.20. The Labute approximate surface area is 194 Å². The number of hydrogen-bond donors (Lipinski definition) is 1. The minimum atomic E-state index is -4.77. The van der Waals surface area contributed by atoms with Crippen molar-refractivity contribution in [1.29, 1.82) is 0 Å². The van der Waals surface area contributed by atoms with Crippen molar-refractivity contribution in [2.75, 3.05) is 25.0 Å². The highest BCUT2D eigenvalue weighted by Gasteiger charge is 2.37. The number of halogens is 4. The lowest BCUT2D eigenvalue weighted by Gasteiger charge is -2.32. The van der Waals surface area contributed by atoms with Crippen LogP contribution < -0.4 is 5.32 Å². The van der Waals surface area contributed by atoms with Crippen molar-refractivity contribution in [2.45, 2.75) is 25.6 Å². The molecule has 0 radical (unpaired) electrons. The zero-order valence-electron chi connectivity index (χ0n) is 18.1. The van der Waals surface area contributed by atoms with Crippen LogP contribution in [-0.2, 0) is 34.0 Å². The van der Waals surface area contributed by atoms with Crippen molar-refractivity contribution in [3.63, 3.8) is 0 Å². The van der Waals surface area contributed by atoms with Crippen molar-refractivity contribution in [2.24, 2.45) is 5.92 Å². The van der Waals surface area contributed by atoms with Crippen LogP contribution in [0, 0.1) is 11.7 Å². The van der Waals surface area contributed by atoms with E-state index in [-0.39, 0.29) is 24.7 Å². The molecule has 2 aromatic rings. The molecule has 1 saturated heterocycles. The Balaban J connectivity index is 1.47. The van der Waals surface area contributed by atoms with Gasteiger partial charge in [0.15, 0.2) is 0 Å². The Kier molecular flexibility index (Phi) is 6.43. The van der Waals surface area contributed by atoms with E-state index in [1.54, 1.807) is 17.0 Å². The van der Waals surface area contributed by atoms with Crippen LogP contribution in [0.15, 0.2) is 48.4 Å². The lowest BCUT2D eigenvalue weighted by Crippen LogP contribution is -2.41. The fraction of sp³-hybridized carbons (Fsp3) is 0.348. The monoisotopic (exact) mass is 497 g/mol. The predicted molar refractivity (Wildman–Crippen MR) is 119 cm³/mol. The van der Waals surface area contributed by atoms with Gasteiger partial charge in [0.2, 0.25) is 15.9 Å². The molecule has 1 amide bonds. The van der Waals surface area contributed by atoms with Crippen molar-refractivity contribution >= 4 is 27.3 Å². The van der Waals surface area contributed by atoms with Gasteiger partial charge in [0.05, 0.1) is 11.5 Å². The van der Waals surface area contributed by atoms with Crippen LogP contribution in [0.3, 0.4) is 0 Å². The largest absolute Gasteiger partial charge is 0.419 e. The van der Waals surface area contributed by atoms with Crippen molar-refractivity contribution in [3.05, 3.63) is 70.9 Å². The molecule has 1 unspecified atom stereocenters. The minimum Gasteiger partial charge on any atom is -0.355 e. The number of alkyl halides is 3. The lowest BCUT2D eigenvalue weighted by molar-refractivity contribution is -0.140. The summed E-state index contributed by atoms with van der Waals surface area (Å²) in [5, 5.41) is 3.87. The number of fused-ring (bicyclic) bond motifs is 1. The third-order valence-corrected chi connectivity index (χ3v) is 7.67. The van der Waals surface area contributed by atoms with Gasteiger partial charge in [-0.15, -0.1) is 0 Å². The maximum Gasteiger partial charge on any atom is 0.419 e. The van der Waals surface area contributed by atoms with Gasteiger partial charge in [0.1, 0.15) is 5.82 Å². The molecule has 2 aliphatic rings. The molecule has 1 atom stereocenters. The van der Waals surface area contributed by atoms with Crippen LogP contribution in [0.1, 0.15) is 23.1 Å². The first-order chi connectivity index (χ1) is 16.0. The van der Waals surface area contributed by atoms with Gasteiger partial charge in [-0.3, -0.25) is 4.79 Å². The Morgan fingerprint density at radius 3 is 2.62 bits per heavy atom. The van der Waals surface area contributed by atoms with Gasteiger partial charge in [-0.2, -0.15) is 17.5 Å². The first kappa shape index (κ1) is 24.2. The second-order valence-corrected chi connectivity index (χ2v) is 10.2. The van der Waals surface area contributed by atoms with Crippen molar-refractivity contribution in [1.82, 2.24) is 9.21 Å². The van der Waals surface area contributed by atoms with E-state index in [4.69, 9.17) is 0 Å². The maximum atomic E-state index is 13.9. The first-order valence-corrected chi connectivity index (χ1v) is 12.2. The normalized spacial score (nSPS) is 19.1. The average Bonchev–Trinajstić information content (AvgIpc) is 3.29. The van der Waals surface area contributed by atoms with Crippen LogP contribution in [0.25, 0.3) is 0 Å². The quantitative estimate of drug-likeness (QED) is 0.627. The number of rotatable bonds is 5. The van der Waals surface area contributed by atoms with E-state index in [1.807, 2.05) is 6.07 Å². The van der Waals surface area contributed by atoms with Gasteiger partial charge in [0.25, 0.3) is 0 Å². The molecule has 0 aromatic heterocycles. The highest BCUT2D eigenvalue weighted by atomic mass is 32.2. The van der Waals surface area contributed by atoms with Crippen LogP contribution in [0.4, 0.5) is 28.9 Å². The van der Waals surface area contributed by atoms with Crippen molar-refractivity contribution in [3.8, 4) is 0 Å². The molecule has 0 spiro atoms. The summed E-state index contributed by atoms with van der Waals surface area (Å²) in [4.78, 5) is 14.7. The first-order valence-electron chi connectivity index (χ1n) is 10.7. The van der Waals surface area contributed by atoms with Crippen LogP contribution in [-0.4, -0.2) is 43.2 Å². The topological polar surface area (TPSA) is 69.7 Å². The molecule has 34 heavy (non-hydrogen) atoms. The van der Waals surface area contributed by atoms with Crippen LogP contribution in [0.2, 0.25) is 0 Å². The summed E-state index contributed by atoms with van der Waals surface area (Å²) in [7, 11) is -3.56. The van der Waals surface area contributed by atoms with E-state index in [0.29, 0.717) is 37.7 Å². The Bertz CT molecular complexity index is 1230. The summed E-state index contributed by atoms with van der Waals surface area (Å²) in [5.74, 6) is -1.90. The average molecular weight is 498 g/mol. The fourth-order valence-electron chi connectivity index (χ4n) is 4.42. The van der Waals surface area contributed by atoms with Crippen molar-refractivity contribution < 1.29 is 30.8 Å². The van der Waals surface area contributed by atoms with Crippen LogP contribution >= 0.6 is 0 Å². The highest BCUT2D eigenvalue weighted by molar-refractivity contribution is 7.92. The number of benzene rings is 2. The molecule has 1 N–H and O–H groups in total. The molecule has 0 bridgehead atoms. The van der Waals surface area contributed by atoms with E-state index >= 15 is 0 Å². The molecule has 1 fully saturated rings. The molecule has 2 aromatic carbocycles. The zero-order chi connectivity index (χ0) is 24.7. The number of carbonyl (C=O) groups excluding carboxylic acids is 1. The zero-order valence-corrected chi connectivity index (χ0v) is 18.9. The van der Waals surface area contributed by atoms with Crippen LogP contribution in [0.5, 0.6) is 0 Å². The fourth-order valence-corrected chi connectivity index (χ4v) is 5.38. The van der Waals surface area contributed by atoms with Gasteiger partial charge < -0.3 is 10.2 Å². The SMILES string of the molecule is C=CS(=O)(=O)N1CCC(C(=O)N2CCc3c(cccc3Nc3ccc(C(F)(F)F)c(F)c3)C2)C1. The van der Waals surface area contributed by atoms with Gasteiger partial charge in [-0.25, -0.2) is 12.8 Å². The number of amides is 1. The van der Waals surface area contributed by atoms with E-state index in [2.05, 4.69) is 11.9 Å². The summed E-state index contributed by atoms with van der Waals surface area (Å²) < 4.78 is 77.6. The standard InChI is InChI=1S/C23H23F4N3O3S/c1-2-34(32,33)30-11-8-16(14-30)22(31)29-10-9-18-15(13-29)4-3-5-21(18)28-17-6-7-19(20(24)12-17)23(25,26)27/h2-7,12,16,28H,1,8-11,13-14H2. The van der Waals surface area contributed by atoms with E-state index in [1.165, 1.54) is 10.4 Å². The molecule has 2 heterocycles. The van der Waals surface area contributed by atoms with E-state index < -0.39 is 33.5 Å². The number of sulfonamides is 1. The number of hydrogen-bond acceptors (Lipinski definition) is 4. The number of anilines is 2. The van der Waals surface area contributed by atoms with Gasteiger partial charge in [-0.05, 0) is 48.2 Å². The minimum absolute atomic E-state index is 0.115. The summed E-state index contributed by atoms with van der Waals surface area (Å²) in [5.41, 5.74) is 1.26. The molecule has 0 saturated carbocycles. The third kappa shape index (κ3) is 4.80. The molecular formula is C23H23F4N3O3S. The maximum absolute atomic E-state index is 13.9. The molecule has 6 nitrogen and oxygen atoms in total. The van der Waals surface area contributed by atoms with Gasteiger partial charge in [0, 0.05) is 43.0 Å². The molecule has 4 rings (SSSR count). The molecule has 182 valence electrons. The molecule has 0 aliphatic carbocycles. The second kappa shape index (κ2) is 9.03. The van der Waals surface area contributed by atoms with E-state index in [9.17, 15) is 30.8 Å². The smallest absolute Gasteiger partial charge is 0.355 e. The summed E-state index contributed by atoms with van der Waals surface area (Å²) >= 11 is 0. The Morgan fingerprint density at radius 1 is 1.18 bits per heavy atom. The molecular weight excluding hydrogens is 474 g/mol.